The summed E-state index contributed by atoms with van der Waals surface area (Å²) in [6, 6.07) is 17.1. The van der Waals surface area contributed by atoms with E-state index < -0.39 is 48.3 Å². The summed E-state index contributed by atoms with van der Waals surface area (Å²) in [4.78, 5) is 41.1. The van der Waals surface area contributed by atoms with Crippen molar-refractivity contribution < 1.29 is 28.4 Å². The van der Waals surface area contributed by atoms with Crippen LogP contribution >= 0.6 is 0 Å². The van der Waals surface area contributed by atoms with Gasteiger partial charge in [0.25, 0.3) is 0 Å². The van der Waals surface area contributed by atoms with Gasteiger partial charge >= 0.3 is 13.2 Å². The smallest absolute Gasteiger partial charge is 0.444 e. The van der Waals surface area contributed by atoms with Crippen molar-refractivity contribution in [3.8, 4) is 0 Å². The number of nitrogens with one attached hydrogen (secondary N) is 3. The number of hydrogen-bond donors (Lipinski definition) is 3. The maximum Gasteiger partial charge on any atom is 0.481 e. The summed E-state index contributed by atoms with van der Waals surface area (Å²) < 4.78 is 18.9. The van der Waals surface area contributed by atoms with Crippen LogP contribution in [0.1, 0.15) is 85.8 Å². The highest BCUT2D eigenvalue weighted by molar-refractivity contribution is 6.48. The molecular formula is C38H54BN3O6. The number of carbonyl (C=O) groups is 3. The summed E-state index contributed by atoms with van der Waals surface area (Å²) in [5.41, 5.74) is 0.815. The monoisotopic (exact) mass is 659 g/mol. The molecule has 6 unspecified atom stereocenters. The second-order valence-corrected chi connectivity index (χ2v) is 16.2. The molecule has 3 N–H and O–H groups in total. The molecule has 10 heteroatoms. The molecule has 2 bridgehead atoms. The Bertz CT molecular complexity index is 1430. The number of amides is 3. The van der Waals surface area contributed by atoms with Crippen molar-refractivity contribution >= 4 is 25.0 Å². The number of hydrogen-bond acceptors (Lipinski definition) is 6. The Morgan fingerprint density at radius 3 is 1.92 bits per heavy atom. The van der Waals surface area contributed by atoms with Gasteiger partial charge in [0.2, 0.25) is 11.8 Å². The van der Waals surface area contributed by atoms with E-state index in [9.17, 15) is 14.4 Å². The van der Waals surface area contributed by atoms with Crippen LogP contribution in [0.5, 0.6) is 0 Å². The van der Waals surface area contributed by atoms with E-state index in [0.29, 0.717) is 18.3 Å². The summed E-state index contributed by atoms with van der Waals surface area (Å²) in [6.45, 7) is 16.4. The van der Waals surface area contributed by atoms with Gasteiger partial charge < -0.3 is 30.0 Å². The molecule has 9 nitrogen and oxygen atoms in total. The van der Waals surface area contributed by atoms with E-state index in [1.54, 1.807) is 20.8 Å². The van der Waals surface area contributed by atoms with E-state index in [1.807, 2.05) is 60.7 Å². The normalized spacial score (nSPS) is 26.0. The molecule has 3 saturated carbocycles. The minimum Gasteiger partial charge on any atom is -0.444 e. The van der Waals surface area contributed by atoms with Gasteiger partial charge in [-0.2, -0.15) is 0 Å². The predicted octanol–water partition coefficient (Wildman–Crippen LogP) is 5.65. The highest BCUT2D eigenvalue weighted by Gasteiger charge is 2.68. The molecule has 1 aliphatic heterocycles. The molecule has 3 aliphatic carbocycles. The second-order valence-electron chi connectivity index (χ2n) is 16.2. The third-order valence-electron chi connectivity index (χ3n) is 10.6. The molecule has 3 amide bonds. The van der Waals surface area contributed by atoms with Gasteiger partial charge in [-0.1, -0.05) is 88.4 Å². The van der Waals surface area contributed by atoms with Gasteiger partial charge in [0.15, 0.2) is 0 Å². The van der Waals surface area contributed by atoms with E-state index in [1.165, 1.54) is 0 Å². The standard InChI is InChI=1S/C38H54BN3O6/c1-24(2)19-32(39-47-31-23-27-22-30(37(27,6)7)38(31,8)48-39)42-34(44)28(20-25-15-11-9-12-16-25)40-33(43)29(21-26-17-13-10-14-18-26)41-35(45)46-36(3,4)5/h9-18,24,27-32H,19-23H2,1-8H3,(H,40,43)(H,41,45)(H,42,44)/t27?,28-,29?,30?,31?,32?,38?/m0/s1. The minimum absolute atomic E-state index is 0.0108. The maximum atomic E-state index is 14.2. The van der Waals surface area contributed by atoms with Crippen LogP contribution in [0.2, 0.25) is 0 Å². The van der Waals surface area contributed by atoms with E-state index >= 15 is 0 Å². The van der Waals surface area contributed by atoms with Crippen molar-refractivity contribution in [3.05, 3.63) is 71.8 Å². The van der Waals surface area contributed by atoms with Crippen LogP contribution in [-0.4, -0.2) is 60.4 Å². The molecule has 48 heavy (non-hydrogen) atoms. The van der Waals surface area contributed by atoms with E-state index in [0.717, 1.165) is 24.0 Å². The molecule has 4 aliphatic rings. The van der Waals surface area contributed by atoms with Gasteiger partial charge in [0.05, 0.1) is 17.6 Å². The zero-order valence-electron chi connectivity index (χ0n) is 29.9. The fourth-order valence-corrected chi connectivity index (χ4v) is 7.94. The molecule has 1 heterocycles. The first-order valence-corrected chi connectivity index (χ1v) is 17.6. The Balaban J connectivity index is 1.35. The lowest BCUT2D eigenvalue weighted by atomic mass is 9.43. The molecule has 4 fully saturated rings. The lowest BCUT2D eigenvalue weighted by Crippen LogP contribution is -2.65. The lowest BCUT2D eigenvalue weighted by molar-refractivity contribution is -0.199. The van der Waals surface area contributed by atoms with Crippen molar-refractivity contribution in [2.75, 3.05) is 0 Å². The minimum atomic E-state index is -0.973. The van der Waals surface area contributed by atoms with Gasteiger partial charge in [0.1, 0.15) is 17.7 Å². The number of rotatable bonds is 12. The molecule has 260 valence electrons. The Morgan fingerprint density at radius 2 is 1.40 bits per heavy atom. The molecular weight excluding hydrogens is 605 g/mol. The van der Waals surface area contributed by atoms with Crippen molar-refractivity contribution in [2.45, 2.75) is 123 Å². The summed E-state index contributed by atoms with van der Waals surface area (Å²) in [5.74, 6) is 0.0670. The van der Waals surface area contributed by atoms with Crippen LogP contribution in [0.25, 0.3) is 0 Å². The van der Waals surface area contributed by atoms with Crippen LogP contribution in [0.15, 0.2) is 60.7 Å². The van der Waals surface area contributed by atoms with Gasteiger partial charge in [-0.05, 0) is 81.3 Å². The lowest BCUT2D eigenvalue weighted by Gasteiger charge is -2.64. The molecule has 2 aromatic rings. The fraction of sp³-hybridized carbons (Fsp3) is 0.605. The van der Waals surface area contributed by atoms with Crippen molar-refractivity contribution in [1.29, 1.82) is 0 Å². The average Bonchev–Trinajstić information content (AvgIpc) is 3.37. The third kappa shape index (κ3) is 8.25. The molecule has 1 saturated heterocycles. The molecule has 0 spiro atoms. The van der Waals surface area contributed by atoms with Crippen LogP contribution in [-0.2, 0) is 36.5 Å². The predicted molar refractivity (Wildman–Crippen MR) is 187 cm³/mol. The molecule has 0 radical (unpaired) electrons. The van der Waals surface area contributed by atoms with Crippen molar-refractivity contribution in [2.24, 2.45) is 23.2 Å². The fourth-order valence-electron chi connectivity index (χ4n) is 7.94. The van der Waals surface area contributed by atoms with Gasteiger partial charge in [-0.25, -0.2) is 4.79 Å². The average molecular weight is 660 g/mol. The number of benzene rings is 2. The second kappa shape index (κ2) is 14.2. The van der Waals surface area contributed by atoms with Crippen molar-refractivity contribution in [1.82, 2.24) is 16.0 Å². The highest BCUT2D eigenvalue weighted by atomic mass is 16.7. The SMILES string of the molecule is CC(C)CC(NC(=O)[C@H](Cc1ccccc1)NC(=O)C(Cc1ccccc1)NC(=O)OC(C)(C)C)B1OC2CC3CC(C3(C)C)C2(C)O1. The maximum absolute atomic E-state index is 14.2. The Labute approximate surface area is 286 Å². The zero-order valence-corrected chi connectivity index (χ0v) is 29.9. The molecule has 0 aromatic heterocycles. The quantitative estimate of drug-likeness (QED) is 0.254. The Hall–Kier alpha value is -3.37. The Kier molecular flexibility index (Phi) is 10.7. The van der Waals surface area contributed by atoms with Gasteiger partial charge in [0, 0.05) is 12.8 Å². The van der Waals surface area contributed by atoms with E-state index in [-0.39, 0.29) is 36.2 Å². The number of ether oxygens (including phenoxy) is 1. The van der Waals surface area contributed by atoms with Crippen LogP contribution in [0.3, 0.4) is 0 Å². The van der Waals surface area contributed by atoms with Gasteiger partial charge in [-0.15, -0.1) is 0 Å². The largest absolute Gasteiger partial charge is 0.481 e. The number of alkyl carbamates (subject to hydrolysis) is 1. The van der Waals surface area contributed by atoms with Crippen LogP contribution < -0.4 is 16.0 Å². The Morgan fingerprint density at radius 1 is 0.854 bits per heavy atom. The topological polar surface area (TPSA) is 115 Å². The highest BCUT2D eigenvalue weighted by Crippen LogP contribution is 2.65. The summed E-state index contributed by atoms with van der Waals surface area (Å²) in [6.07, 6.45) is 2.53. The zero-order chi connectivity index (χ0) is 34.9. The molecule has 6 rings (SSSR count). The van der Waals surface area contributed by atoms with Crippen molar-refractivity contribution in [3.63, 3.8) is 0 Å². The first-order chi connectivity index (χ1) is 22.5. The third-order valence-corrected chi connectivity index (χ3v) is 10.6. The van der Waals surface area contributed by atoms with Crippen LogP contribution in [0, 0.1) is 23.2 Å². The molecule has 2 aromatic carbocycles. The first-order valence-electron chi connectivity index (χ1n) is 17.6. The number of carbonyl (C=O) groups excluding carboxylic acids is 3. The summed E-state index contributed by atoms with van der Waals surface area (Å²) >= 11 is 0. The van der Waals surface area contributed by atoms with E-state index in [4.69, 9.17) is 14.0 Å². The summed E-state index contributed by atoms with van der Waals surface area (Å²) in [7, 11) is -0.589. The first kappa shape index (κ1) is 35.9. The summed E-state index contributed by atoms with van der Waals surface area (Å²) in [5, 5.41) is 8.96. The molecule has 7 atom stereocenters. The van der Waals surface area contributed by atoms with Crippen LogP contribution in [0.4, 0.5) is 4.79 Å². The van der Waals surface area contributed by atoms with E-state index in [2.05, 4.69) is 50.6 Å². The van der Waals surface area contributed by atoms with Gasteiger partial charge in [-0.3, -0.25) is 9.59 Å².